The average Bonchev–Trinajstić information content (AvgIpc) is 2.72. The predicted molar refractivity (Wildman–Crippen MR) is 58.5 cm³/mol. The maximum atomic E-state index is 4.32. The number of nitrogens with zero attached hydrogens (tertiary/aromatic N) is 2. The van der Waals surface area contributed by atoms with Crippen molar-refractivity contribution in [1.82, 2.24) is 10.3 Å². The van der Waals surface area contributed by atoms with Crippen LogP contribution in [0.1, 0.15) is 12.8 Å². The third-order valence-corrected chi connectivity index (χ3v) is 2.70. The number of pyridine rings is 1. The molecule has 1 aliphatic heterocycles. The number of rotatable bonds is 3. The largest absolute Gasteiger partial charge is 0.358 e. The molecule has 0 aliphatic carbocycles. The minimum Gasteiger partial charge on any atom is -0.358 e. The van der Waals surface area contributed by atoms with E-state index in [-0.39, 0.29) is 0 Å². The molecule has 0 spiro atoms. The number of hydrogen-bond donors (Lipinski definition) is 1. The Morgan fingerprint density at radius 3 is 3.14 bits per heavy atom. The number of nitrogens with one attached hydrogen (secondary N) is 1. The molecule has 1 saturated heterocycles. The predicted octanol–water partition coefficient (Wildman–Crippen LogP) is 1.27. The van der Waals surface area contributed by atoms with Crippen LogP contribution in [0.5, 0.6) is 0 Å². The zero-order chi connectivity index (χ0) is 9.80. The average molecular weight is 191 g/mol. The van der Waals surface area contributed by atoms with E-state index in [1.54, 1.807) is 0 Å². The molecule has 3 heteroatoms. The summed E-state index contributed by atoms with van der Waals surface area (Å²) >= 11 is 0. The number of likely N-dealkylation sites (N-methyl/N-ethyl adjacent to an activating group) is 1. The summed E-state index contributed by atoms with van der Waals surface area (Å²) in [6.07, 6.45) is 4.44. The topological polar surface area (TPSA) is 28.2 Å². The van der Waals surface area contributed by atoms with E-state index in [0.29, 0.717) is 6.04 Å². The van der Waals surface area contributed by atoms with E-state index in [1.165, 1.54) is 19.4 Å². The van der Waals surface area contributed by atoms with Crippen LogP contribution in [0.3, 0.4) is 0 Å². The highest BCUT2D eigenvalue weighted by atomic mass is 15.2. The van der Waals surface area contributed by atoms with Crippen LogP contribution in [-0.2, 0) is 0 Å². The first kappa shape index (κ1) is 9.46. The Morgan fingerprint density at radius 2 is 2.50 bits per heavy atom. The van der Waals surface area contributed by atoms with E-state index in [0.717, 1.165) is 12.4 Å². The molecule has 1 aromatic heterocycles. The fraction of sp³-hybridized carbons (Fsp3) is 0.545. The summed E-state index contributed by atoms with van der Waals surface area (Å²) in [5, 5.41) is 3.49. The molecule has 1 N–H and O–H groups in total. The van der Waals surface area contributed by atoms with Crippen LogP contribution in [0, 0.1) is 0 Å². The van der Waals surface area contributed by atoms with Crippen LogP contribution < -0.4 is 10.2 Å². The van der Waals surface area contributed by atoms with Gasteiger partial charge in [0, 0.05) is 25.8 Å². The van der Waals surface area contributed by atoms with E-state index in [2.05, 4.69) is 28.3 Å². The SMILES string of the molecule is CN(CC1CCCN1)c1ccccn1. The number of hydrogen-bond acceptors (Lipinski definition) is 3. The minimum atomic E-state index is 0.641. The van der Waals surface area contributed by atoms with Crippen molar-refractivity contribution in [2.75, 3.05) is 25.0 Å². The van der Waals surface area contributed by atoms with Gasteiger partial charge in [0.1, 0.15) is 5.82 Å². The Balaban J connectivity index is 1.92. The lowest BCUT2D eigenvalue weighted by Gasteiger charge is -2.21. The molecule has 14 heavy (non-hydrogen) atoms. The number of anilines is 1. The van der Waals surface area contributed by atoms with E-state index in [1.807, 2.05) is 18.3 Å². The van der Waals surface area contributed by atoms with Gasteiger partial charge in [0.2, 0.25) is 0 Å². The van der Waals surface area contributed by atoms with Crippen LogP contribution in [0.15, 0.2) is 24.4 Å². The molecular formula is C11H17N3. The summed E-state index contributed by atoms with van der Waals surface area (Å²) in [4.78, 5) is 6.53. The molecule has 0 bridgehead atoms. The Morgan fingerprint density at radius 1 is 1.57 bits per heavy atom. The Bertz CT molecular complexity index is 267. The highest BCUT2D eigenvalue weighted by Crippen LogP contribution is 2.11. The van der Waals surface area contributed by atoms with Crippen molar-refractivity contribution in [2.24, 2.45) is 0 Å². The van der Waals surface area contributed by atoms with Gasteiger partial charge in [0.15, 0.2) is 0 Å². The van der Waals surface area contributed by atoms with E-state index >= 15 is 0 Å². The summed E-state index contributed by atoms with van der Waals surface area (Å²) in [5.74, 6) is 1.06. The second-order valence-electron chi connectivity index (χ2n) is 3.86. The Labute approximate surface area is 85.1 Å². The summed E-state index contributed by atoms with van der Waals surface area (Å²) in [6, 6.07) is 6.67. The van der Waals surface area contributed by atoms with Crippen molar-refractivity contribution < 1.29 is 0 Å². The minimum absolute atomic E-state index is 0.641. The van der Waals surface area contributed by atoms with Crippen LogP contribution in [-0.4, -0.2) is 31.2 Å². The molecule has 2 heterocycles. The lowest BCUT2D eigenvalue weighted by atomic mass is 10.2. The van der Waals surface area contributed by atoms with E-state index in [9.17, 15) is 0 Å². The van der Waals surface area contributed by atoms with Crippen LogP contribution >= 0.6 is 0 Å². The molecule has 1 aliphatic rings. The van der Waals surface area contributed by atoms with Gasteiger partial charge < -0.3 is 10.2 Å². The first-order valence-electron chi connectivity index (χ1n) is 5.22. The second-order valence-corrected chi connectivity index (χ2v) is 3.86. The van der Waals surface area contributed by atoms with Gasteiger partial charge in [-0.1, -0.05) is 6.07 Å². The van der Waals surface area contributed by atoms with Gasteiger partial charge in [-0.3, -0.25) is 0 Å². The van der Waals surface area contributed by atoms with Gasteiger partial charge in [-0.2, -0.15) is 0 Å². The smallest absolute Gasteiger partial charge is 0.128 e. The summed E-state index contributed by atoms with van der Waals surface area (Å²) in [5.41, 5.74) is 0. The lowest BCUT2D eigenvalue weighted by molar-refractivity contribution is 0.597. The second kappa shape index (κ2) is 4.42. The van der Waals surface area contributed by atoms with Crippen LogP contribution in [0.2, 0.25) is 0 Å². The molecule has 0 radical (unpaired) electrons. The van der Waals surface area contributed by atoms with Gasteiger partial charge >= 0.3 is 0 Å². The highest BCUT2D eigenvalue weighted by molar-refractivity contribution is 5.36. The van der Waals surface area contributed by atoms with Crippen molar-refractivity contribution in [3.05, 3.63) is 24.4 Å². The van der Waals surface area contributed by atoms with Gasteiger partial charge in [-0.25, -0.2) is 4.98 Å². The monoisotopic (exact) mass is 191 g/mol. The quantitative estimate of drug-likeness (QED) is 0.780. The summed E-state index contributed by atoms with van der Waals surface area (Å²) in [6.45, 7) is 2.22. The van der Waals surface area contributed by atoms with Gasteiger partial charge in [0.05, 0.1) is 0 Å². The highest BCUT2D eigenvalue weighted by Gasteiger charge is 2.16. The van der Waals surface area contributed by atoms with Crippen molar-refractivity contribution >= 4 is 5.82 Å². The molecule has 0 saturated carbocycles. The number of aromatic nitrogens is 1. The standard InChI is InChI=1S/C11H17N3/c1-14(9-10-5-4-8-12-10)11-6-2-3-7-13-11/h2-3,6-7,10,12H,4-5,8-9H2,1H3. The molecule has 0 amide bonds. The van der Waals surface area contributed by atoms with E-state index < -0.39 is 0 Å². The molecular weight excluding hydrogens is 174 g/mol. The summed E-state index contributed by atoms with van der Waals surface area (Å²) in [7, 11) is 2.10. The van der Waals surface area contributed by atoms with Crippen molar-refractivity contribution in [3.63, 3.8) is 0 Å². The zero-order valence-electron chi connectivity index (χ0n) is 8.61. The van der Waals surface area contributed by atoms with Gasteiger partial charge in [-0.15, -0.1) is 0 Å². The molecule has 1 atom stereocenters. The fourth-order valence-electron chi connectivity index (χ4n) is 1.92. The third kappa shape index (κ3) is 2.23. The zero-order valence-corrected chi connectivity index (χ0v) is 8.61. The maximum absolute atomic E-state index is 4.32. The summed E-state index contributed by atoms with van der Waals surface area (Å²) < 4.78 is 0. The van der Waals surface area contributed by atoms with E-state index in [4.69, 9.17) is 0 Å². The van der Waals surface area contributed by atoms with Gasteiger partial charge in [-0.05, 0) is 31.5 Å². The normalized spacial score (nSPS) is 21.1. The van der Waals surface area contributed by atoms with Crippen molar-refractivity contribution in [3.8, 4) is 0 Å². The lowest BCUT2D eigenvalue weighted by Crippen LogP contribution is -2.35. The van der Waals surface area contributed by atoms with Gasteiger partial charge in [0.25, 0.3) is 0 Å². The van der Waals surface area contributed by atoms with Crippen molar-refractivity contribution in [2.45, 2.75) is 18.9 Å². The molecule has 2 rings (SSSR count). The van der Waals surface area contributed by atoms with Crippen molar-refractivity contribution in [1.29, 1.82) is 0 Å². The molecule has 0 aromatic carbocycles. The van der Waals surface area contributed by atoms with Crippen LogP contribution in [0.4, 0.5) is 5.82 Å². The molecule has 1 aromatic rings. The van der Waals surface area contributed by atoms with Crippen LogP contribution in [0.25, 0.3) is 0 Å². The first-order chi connectivity index (χ1) is 6.86. The molecule has 1 unspecified atom stereocenters. The molecule has 76 valence electrons. The third-order valence-electron chi connectivity index (χ3n) is 2.70. The molecule has 3 nitrogen and oxygen atoms in total. The fourth-order valence-corrected chi connectivity index (χ4v) is 1.92. The Kier molecular flexibility index (Phi) is 2.99. The Hall–Kier alpha value is -1.09. The molecule has 1 fully saturated rings. The first-order valence-corrected chi connectivity index (χ1v) is 5.22. The maximum Gasteiger partial charge on any atom is 0.128 e.